The zero-order valence-electron chi connectivity index (χ0n) is 60.1. The Morgan fingerprint density at radius 2 is 0.396 bits per heavy atom. The number of esters is 2. The van der Waals surface area contributed by atoms with Crippen LogP contribution in [-0.4, -0.2) is 83.6 Å². The van der Waals surface area contributed by atoms with Crippen molar-refractivity contribution in [2.24, 2.45) is 0 Å². The van der Waals surface area contributed by atoms with Crippen molar-refractivity contribution in [3.05, 3.63) is 0 Å². The van der Waals surface area contributed by atoms with Gasteiger partial charge in [-0.3, -0.25) is 38.6 Å². The van der Waals surface area contributed by atoms with E-state index in [0.29, 0.717) is 25.7 Å². The number of hydrogen-bond acceptors (Lipinski definition) is 12. The fraction of sp³-hybridized carbons (Fsp3) is 0.895. The first kappa shape index (κ1) is 92.0. The van der Waals surface area contributed by atoms with E-state index in [1.165, 1.54) is 245 Å². The Labute approximate surface area is 571 Å². The molecule has 0 bridgehead atoms. The molecule has 0 aromatic rings. The number of nitrogens with zero attached hydrogens (tertiary/aromatic N) is 2. The summed E-state index contributed by atoms with van der Waals surface area (Å²) in [6.07, 6.45) is 61.3. The summed E-state index contributed by atoms with van der Waals surface area (Å²) in [5.74, 6) is -6.06. The van der Waals surface area contributed by atoms with Gasteiger partial charge in [-0.2, -0.15) is 0 Å². The average Bonchev–Trinajstić information content (AvgIpc) is 1.67. The van der Waals surface area contributed by atoms with Crippen molar-refractivity contribution in [2.75, 3.05) is 14.2 Å². The topological polar surface area (TPSA) is 208 Å². The van der Waals surface area contributed by atoms with Crippen LogP contribution in [0.3, 0.4) is 0 Å². The van der Waals surface area contributed by atoms with Gasteiger partial charge in [0.15, 0.2) is 0 Å². The van der Waals surface area contributed by atoms with Gasteiger partial charge in [0, 0.05) is 38.5 Å². The minimum absolute atomic E-state index is 0. The Balaban J connectivity index is -0.00000168. The summed E-state index contributed by atoms with van der Waals surface area (Å²) in [7, 11) is 2.46. The molecule has 0 unspecified atom stereocenters. The summed E-state index contributed by atoms with van der Waals surface area (Å²) in [6.45, 7) is 8.96. The molecule has 0 rings (SSSR count). The second kappa shape index (κ2) is 71.1. The summed E-state index contributed by atoms with van der Waals surface area (Å²) in [5.41, 5.74) is 0. The van der Waals surface area contributed by atoms with Crippen LogP contribution in [0.2, 0.25) is 0 Å². The molecule has 0 aliphatic heterocycles. The van der Waals surface area contributed by atoms with Crippen molar-refractivity contribution in [1.29, 1.82) is 0 Å². The Morgan fingerprint density at radius 3 is 0.527 bits per heavy atom. The fourth-order valence-electron chi connectivity index (χ4n) is 12.0. The maximum atomic E-state index is 13.2. The molecule has 0 aliphatic rings. The van der Waals surface area contributed by atoms with E-state index in [2.05, 4.69) is 37.2 Å². The van der Waals surface area contributed by atoms with Gasteiger partial charge in [-0.1, -0.05) is 336 Å². The van der Waals surface area contributed by atoms with Gasteiger partial charge in [0.1, 0.15) is 0 Å². The number of carbonyl (C=O) groups excluding carboxylic acids is 8. The minimum Gasteiger partial charge on any atom is -0.548 e. The number of methoxy groups -OCH3 is 2. The van der Waals surface area contributed by atoms with Crippen LogP contribution >= 0.6 is 0 Å². The molecule has 0 aromatic carbocycles. The van der Waals surface area contributed by atoms with Gasteiger partial charge < -0.3 is 29.3 Å². The molecule has 91 heavy (non-hydrogen) atoms. The second-order valence-electron chi connectivity index (χ2n) is 26.2. The Hall–Kier alpha value is -3.22. The van der Waals surface area contributed by atoms with Crippen LogP contribution < -0.4 is 10.2 Å². The van der Waals surface area contributed by atoms with Crippen LogP contribution in [0.4, 0.5) is 0 Å². The van der Waals surface area contributed by atoms with Crippen LogP contribution in [0.15, 0.2) is 0 Å². The molecule has 0 aromatic heterocycles. The number of carboxylic acids is 2. The first-order valence-electron chi connectivity index (χ1n) is 38.0. The molecule has 0 aliphatic carbocycles. The average molecular weight is 1340 g/mol. The largest absolute Gasteiger partial charge is 2.00 e. The predicted molar refractivity (Wildman–Crippen MR) is 365 cm³/mol. The van der Waals surface area contributed by atoms with E-state index in [1.54, 1.807) is 0 Å². The van der Waals surface area contributed by atoms with Crippen molar-refractivity contribution in [2.45, 2.75) is 425 Å². The normalized spacial score (nSPS) is 11.7. The van der Waals surface area contributed by atoms with Gasteiger partial charge in [0.2, 0.25) is 23.6 Å². The van der Waals surface area contributed by atoms with Crippen molar-refractivity contribution in [3.8, 4) is 0 Å². The number of ether oxygens (including phenoxy) is 2. The quantitative estimate of drug-likeness (QED) is 0.0317. The van der Waals surface area contributed by atoms with E-state index in [-0.39, 0.29) is 70.8 Å². The number of unbranched alkanes of at least 4 members (excludes halogenated alkanes) is 48. The maximum Gasteiger partial charge on any atom is 2.00 e. The van der Waals surface area contributed by atoms with Gasteiger partial charge in [-0.25, -0.2) is 0 Å². The maximum absolute atomic E-state index is 13.2. The molecule has 14 nitrogen and oxygen atoms in total. The number of imide groups is 2. The van der Waals surface area contributed by atoms with Crippen LogP contribution in [0, 0.1) is 0 Å². The van der Waals surface area contributed by atoms with Crippen molar-refractivity contribution >= 4 is 47.5 Å². The fourth-order valence-corrected chi connectivity index (χ4v) is 12.0. The zero-order valence-corrected chi connectivity index (χ0v) is 63.0. The monoisotopic (exact) mass is 1340 g/mol. The number of amides is 4. The van der Waals surface area contributed by atoms with Gasteiger partial charge >= 0.3 is 31.4 Å². The van der Waals surface area contributed by atoms with Crippen LogP contribution in [0.25, 0.3) is 0 Å². The summed E-state index contributed by atoms with van der Waals surface area (Å²) >= 11 is 0. The number of hydrogen-bond donors (Lipinski definition) is 0. The zero-order chi connectivity index (χ0) is 66.8. The molecule has 4 amide bonds. The summed E-state index contributed by atoms with van der Waals surface area (Å²) in [5, 5.41) is 24.0. The molecule has 2 atom stereocenters. The van der Waals surface area contributed by atoms with E-state index in [4.69, 9.17) is 0 Å². The van der Waals surface area contributed by atoms with E-state index in [0.717, 1.165) is 86.8 Å². The third-order valence-electron chi connectivity index (χ3n) is 17.9. The molecule has 0 spiro atoms. The Bertz CT molecular complexity index is 1530. The van der Waals surface area contributed by atoms with Crippen molar-refractivity contribution in [3.63, 3.8) is 0 Å². The van der Waals surface area contributed by atoms with Crippen LogP contribution in [0.1, 0.15) is 413 Å². The predicted octanol–water partition coefficient (Wildman–Crippen LogP) is 18.7. The van der Waals surface area contributed by atoms with Gasteiger partial charge in [0.05, 0.1) is 38.2 Å². The van der Waals surface area contributed by atoms with E-state index < -0.39 is 59.6 Å². The third-order valence-corrected chi connectivity index (χ3v) is 17.9. The Kier molecular flexibility index (Phi) is 71.8. The summed E-state index contributed by atoms with van der Waals surface area (Å²) < 4.78 is 9.29. The minimum atomic E-state index is -1.50. The van der Waals surface area contributed by atoms with Crippen molar-refractivity contribution < 1.29 is 77.5 Å². The molecule has 528 valence electrons. The number of aliphatic carboxylic acids is 2. The molecular formula is C76H140N2O12Zn. The molecule has 0 fully saturated rings. The number of carboxylic acid groups (broad SMARTS) is 2. The SMILES string of the molecule is CCCCCCCCCCCCCCCC(=O)N(C(=O)CCCCCCCCCCCCCCC)[C@@H](CCC(=O)OC)C(=O)[O-].CCCCCCCCCCCCCCCC(=O)N(C(=O)CCCCCCCCCCCCCCC)[C@@H](CCC(=O)OC)C(=O)[O-].[Zn+2]. The molecule has 0 heterocycles. The molecule has 0 N–H and O–H groups in total. The summed E-state index contributed by atoms with van der Waals surface area (Å²) in [4.78, 5) is 102. The van der Waals surface area contributed by atoms with E-state index in [1.807, 2.05) is 0 Å². The Morgan fingerprint density at radius 1 is 0.253 bits per heavy atom. The molecule has 0 radical (unpaired) electrons. The molecular weight excluding hydrogens is 1200 g/mol. The summed E-state index contributed by atoms with van der Waals surface area (Å²) in [6, 6.07) is -2.90. The molecule has 0 saturated heterocycles. The van der Waals surface area contributed by atoms with E-state index >= 15 is 0 Å². The van der Waals surface area contributed by atoms with E-state index in [9.17, 15) is 48.6 Å². The smallest absolute Gasteiger partial charge is 0.548 e. The van der Waals surface area contributed by atoms with Gasteiger partial charge in [-0.05, 0) is 38.5 Å². The standard InChI is InChI=1S/2C38H71NO6.Zn/c2*1-4-6-8-10-12-14-16-18-20-22-24-26-28-30-35(40)39(34(38(43)44)32-33-37(42)45-3)36(41)31-29-27-25-23-21-19-17-15-13-11-9-7-5-2;/h2*34H,4-33H2,1-3H3,(H,43,44);/q;;+2/p-2/t2*34-;/m00./s1. The first-order chi connectivity index (χ1) is 43.8. The molecule has 15 heteroatoms. The third kappa shape index (κ3) is 59.0. The van der Waals surface area contributed by atoms with Gasteiger partial charge in [0.25, 0.3) is 0 Å². The number of carbonyl (C=O) groups is 8. The molecule has 0 saturated carbocycles. The van der Waals surface area contributed by atoms with Crippen LogP contribution in [-0.2, 0) is 67.3 Å². The van der Waals surface area contributed by atoms with Crippen molar-refractivity contribution in [1.82, 2.24) is 9.80 Å². The van der Waals surface area contributed by atoms with Gasteiger partial charge in [-0.15, -0.1) is 0 Å². The first-order valence-corrected chi connectivity index (χ1v) is 38.0. The van der Waals surface area contributed by atoms with Crippen LogP contribution in [0.5, 0.6) is 0 Å². The number of rotatable bonds is 66. The second-order valence-corrected chi connectivity index (χ2v) is 26.2.